The molecule has 0 radical (unpaired) electrons. The van der Waals surface area contributed by atoms with Crippen LogP contribution in [0.25, 0.3) is 0 Å². The van der Waals surface area contributed by atoms with Gasteiger partial charge in [-0.3, -0.25) is 0 Å². The number of pyridine rings is 3. The fraction of sp³-hybridized carbons (Fsp3) is 0.385. The minimum atomic E-state index is -2.97. The van der Waals surface area contributed by atoms with E-state index in [1.807, 2.05) is 0 Å². The van der Waals surface area contributed by atoms with Crippen LogP contribution in [0.4, 0.5) is 0 Å². The molecule has 0 aliphatic rings. The Hall–Kier alpha value is -4.96. The van der Waals surface area contributed by atoms with Gasteiger partial charge in [0.15, 0.2) is 56.8 Å². The molecule has 3 rings (SSSR count). The van der Waals surface area contributed by atoms with Crippen molar-refractivity contribution in [2.45, 2.75) is 100 Å². The number of carboxylic acid groups (broad SMARTS) is 3. The van der Waals surface area contributed by atoms with Gasteiger partial charge in [-0.2, -0.15) is 0 Å². The average molecular weight is 676 g/mol. The number of hydrogen-bond donors (Lipinski definition) is 1. The molecule has 0 bridgehead atoms. The Kier molecular flexibility index (Phi) is 21.0. The fourth-order valence-corrected chi connectivity index (χ4v) is 3.85. The minimum absolute atomic E-state index is 0.976. The van der Waals surface area contributed by atoms with Crippen LogP contribution in [-0.2, 0) is 34.0 Å². The Bertz CT molecular complexity index is 1420. The highest BCUT2D eigenvalue weighted by Gasteiger charge is 2.29. The molecule has 0 spiro atoms. The van der Waals surface area contributed by atoms with Crippen molar-refractivity contribution in [2.24, 2.45) is 0 Å². The first kappa shape index (κ1) is 44.0. The van der Waals surface area contributed by atoms with Crippen LogP contribution in [0.3, 0.4) is 0 Å². The van der Waals surface area contributed by atoms with E-state index in [-0.39, 0.29) is 0 Å². The van der Waals surface area contributed by atoms with Crippen LogP contribution in [-0.4, -0.2) is 28.6 Å². The number of aliphatic hydroxyl groups is 1. The summed E-state index contributed by atoms with van der Waals surface area (Å²) in [6, 6.07) is 12.6. The van der Waals surface area contributed by atoms with Gasteiger partial charge in [-0.1, -0.05) is 16.7 Å². The van der Waals surface area contributed by atoms with Crippen LogP contribution in [0.1, 0.15) is 71.1 Å². The number of carbonyl (C=O) groups excluding carboxylic acids is 3. The van der Waals surface area contributed by atoms with E-state index >= 15 is 0 Å². The molecule has 0 aliphatic heterocycles. The summed E-state index contributed by atoms with van der Waals surface area (Å²) in [5.74, 6) is -5.98. The molecule has 3 aromatic rings. The molecular weight excluding hydrogens is 622 g/mol. The van der Waals surface area contributed by atoms with Crippen LogP contribution < -0.4 is 29.0 Å². The first-order valence-electron chi connectivity index (χ1n) is 15.9. The molecule has 0 aromatic carbocycles. The van der Waals surface area contributed by atoms with Crippen LogP contribution >= 0.6 is 0 Å². The topological polar surface area (TPSA) is 152 Å². The van der Waals surface area contributed by atoms with Gasteiger partial charge in [0, 0.05) is 59.7 Å². The fourth-order valence-electron chi connectivity index (χ4n) is 3.85. The molecule has 1 N–H and O–H groups in total. The lowest BCUT2D eigenvalue weighted by molar-refractivity contribution is -0.687. The molecular formula is C39H53N3O7. The maximum atomic E-state index is 10.1. The quantitative estimate of drug-likeness (QED) is 0.239. The zero-order valence-electron chi connectivity index (χ0n) is 30.4. The van der Waals surface area contributed by atoms with Gasteiger partial charge >= 0.3 is 0 Å². The Labute approximate surface area is 291 Å². The van der Waals surface area contributed by atoms with Gasteiger partial charge in [-0.25, -0.2) is 13.7 Å². The summed E-state index contributed by atoms with van der Waals surface area (Å²) in [6.45, 7) is 22.0. The number of nitrogens with zero attached hydrogens (tertiary/aromatic N) is 3. The van der Waals surface area contributed by atoms with Gasteiger partial charge < -0.3 is 34.8 Å². The largest absolute Gasteiger partial charge is 0.550 e. The number of carbonyl (C=O) groups is 3. The van der Waals surface area contributed by atoms with E-state index in [2.05, 4.69) is 168 Å². The molecule has 3 heterocycles. The smallest absolute Gasteiger partial charge is 0.172 e. The SMILES string of the molecule is CC(C)=CC[n+]1cccc(C)c1.CC(C)=CC[n+]1cccc(C)c1.CC(C)=CC[n+]1cccc(C)c1.O=C([O-])CC(O)(CC(=O)[O-])C(=O)[O-]. The predicted molar refractivity (Wildman–Crippen MR) is 182 cm³/mol. The van der Waals surface area contributed by atoms with Gasteiger partial charge in [0.05, 0.1) is 5.97 Å². The van der Waals surface area contributed by atoms with E-state index in [9.17, 15) is 29.7 Å². The Morgan fingerprint density at radius 3 is 1.04 bits per heavy atom. The molecule has 3 aromatic heterocycles. The summed E-state index contributed by atoms with van der Waals surface area (Å²) >= 11 is 0. The third-order valence-electron chi connectivity index (χ3n) is 6.40. The first-order valence-corrected chi connectivity index (χ1v) is 15.9. The van der Waals surface area contributed by atoms with E-state index in [1.165, 1.54) is 33.4 Å². The zero-order chi connectivity index (χ0) is 37.6. The highest BCUT2D eigenvalue weighted by Crippen LogP contribution is 2.13. The summed E-state index contributed by atoms with van der Waals surface area (Å²) in [5, 5.41) is 38.9. The van der Waals surface area contributed by atoms with Crippen molar-refractivity contribution >= 4 is 17.9 Å². The van der Waals surface area contributed by atoms with Crippen LogP contribution in [0, 0.1) is 20.8 Å². The van der Waals surface area contributed by atoms with E-state index in [4.69, 9.17) is 5.11 Å². The number of allylic oxidation sites excluding steroid dienone is 6. The molecule has 0 aliphatic carbocycles. The lowest BCUT2D eigenvalue weighted by atomic mass is 9.96. The van der Waals surface area contributed by atoms with Crippen LogP contribution in [0.15, 0.2) is 109 Å². The van der Waals surface area contributed by atoms with Crippen molar-refractivity contribution in [2.75, 3.05) is 0 Å². The van der Waals surface area contributed by atoms with Gasteiger partial charge in [-0.15, -0.1) is 0 Å². The summed E-state index contributed by atoms with van der Waals surface area (Å²) in [5.41, 5.74) is 5.04. The van der Waals surface area contributed by atoms with Gasteiger partial charge in [0.25, 0.3) is 0 Å². The molecule has 0 unspecified atom stereocenters. The summed E-state index contributed by atoms with van der Waals surface area (Å²) in [6.07, 6.45) is 16.7. The molecule has 49 heavy (non-hydrogen) atoms. The number of rotatable bonds is 11. The van der Waals surface area contributed by atoms with Crippen molar-refractivity contribution in [3.05, 3.63) is 125 Å². The molecule has 0 atom stereocenters. The number of aryl methyl sites for hydroxylation is 3. The number of aromatic nitrogens is 3. The molecule has 10 nitrogen and oxygen atoms in total. The molecule has 0 saturated carbocycles. The van der Waals surface area contributed by atoms with E-state index < -0.39 is 36.4 Å². The standard InChI is InChI=1S/3C11H16N.C6H8O7/c3*1-10(2)6-8-12-7-4-5-11(3)9-12;7-3(8)1-6(13,5(11)12)2-4(9)10/h3*4-7,9H,8H2,1-3H3;13H,1-2H2,(H,7,8)(H,9,10)(H,11,12)/q3*+1;/p-3. The normalized spacial score (nSPS) is 9.92. The number of hydrogen-bond acceptors (Lipinski definition) is 7. The van der Waals surface area contributed by atoms with Crippen LogP contribution in [0.5, 0.6) is 0 Å². The van der Waals surface area contributed by atoms with Crippen molar-refractivity contribution in [1.29, 1.82) is 0 Å². The third kappa shape index (κ3) is 23.1. The van der Waals surface area contributed by atoms with Crippen molar-refractivity contribution in [3.8, 4) is 0 Å². The third-order valence-corrected chi connectivity index (χ3v) is 6.40. The molecule has 266 valence electrons. The predicted octanol–water partition coefficient (Wildman–Crippen LogP) is 1.49. The highest BCUT2D eigenvalue weighted by molar-refractivity contribution is 5.86. The van der Waals surface area contributed by atoms with E-state index in [1.54, 1.807) is 0 Å². The van der Waals surface area contributed by atoms with Gasteiger partial charge in [0.1, 0.15) is 5.60 Å². The number of carboxylic acids is 3. The Morgan fingerprint density at radius 1 is 0.592 bits per heavy atom. The molecule has 0 amide bonds. The van der Waals surface area contributed by atoms with Crippen molar-refractivity contribution in [1.82, 2.24) is 0 Å². The maximum absolute atomic E-state index is 10.1. The lowest BCUT2D eigenvalue weighted by Crippen LogP contribution is -2.54. The van der Waals surface area contributed by atoms with Gasteiger partial charge in [0.2, 0.25) is 0 Å². The van der Waals surface area contributed by atoms with Crippen molar-refractivity contribution in [3.63, 3.8) is 0 Å². The van der Waals surface area contributed by atoms with E-state index in [0.717, 1.165) is 19.6 Å². The average Bonchev–Trinajstić information content (AvgIpc) is 2.98. The second-order valence-corrected chi connectivity index (χ2v) is 12.5. The summed E-state index contributed by atoms with van der Waals surface area (Å²) in [7, 11) is 0. The second-order valence-electron chi connectivity index (χ2n) is 12.5. The first-order chi connectivity index (χ1) is 22.8. The molecule has 0 saturated heterocycles. The zero-order valence-corrected chi connectivity index (χ0v) is 30.4. The summed E-state index contributed by atoms with van der Waals surface area (Å²) < 4.78 is 6.55. The lowest BCUT2D eigenvalue weighted by Gasteiger charge is -2.29. The van der Waals surface area contributed by atoms with Crippen molar-refractivity contribution < 1.29 is 48.5 Å². The summed E-state index contributed by atoms with van der Waals surface area (Å²) in [4.78, 5) is 30.0. The molecule has 0 fully saturated rings. The highest BCUT2D eigenvalue weighted by atomic mass is 16.4. The minimum Gasteiger partial charge on any atom is -0.550 e. The number of aliphatic carboxylic acids is 3. The molecule has 10 heteroatoms. The second kappa shape index (κ2) is 23.4. The van der Waals surface area contributed by atoms with Gasteiger partial charge in [-0.05, 0) is 98.7 Å². The Balaban J connectivity index is 0.000000627. The maximum Gasteiger partial charge on any atom is 0.172 e. The Morgan fingerprint density at radius 2 is 0.857 bits per heavy atom. The van der Waals surface area contributed by atoms with E-state index in [0.29, 0.717) is 0 Å². The monoisotopic (exact) mass is 675 g/mol. The van der Waals surface area contributed by atoms with Crippen LogP contribution in [0.2, 0.25) is 0 Å².